The number of pyridine rings is 1. The zero-order chi connectivity index (χ0) is 20.5. The second-order valence-corrected chi connectivity index (χ2v) is 6.13. The maximum Gasteiger partial charge on any atom is 0.343 e. The molecule has 3 aromatic heterocycles. The average Bonchev–Trinajstić information content (AvgIpc) is 3.18. The smallest absolute Gasteiger partial charge is 0.343 e. The summed E-state index contributed by atoms with van der Waals surface area (Å²) in [5.74, 6) is 0.614. The highest BCUT2D eigenvalue weighted by Crippen LogP contribution is 2.25. The van der Waals surface area contributed by atoms with Crippen LogP contribution < -0.4 is 15.0 Å². The largest absolute Gasteiger partial charge is 0.497 e. The van der Waals surface area contributed by atoms with Crippen LogP contribution in [0.15, 0.2) is 47.7 Å². The van der Waals surface area contributed by atoms with Gasteiger partial charge in [-0.15, -0.1) is 0 Å². The van der Waals surface area contributed by atoms with Crippen LogP contribution in [0.4, 0.5) is 0 Å². The summed E-state index contributed by atoms with van der Waals surface area (Å²) >= 11 is 0. The van der Waals surface area contributed by atoms with Crippen molar-refractivity contribution in [3.63, 3.8) is 0 Å². The summed E-state index contributed by atoms with van der Waals surface area (Å²) in [5.41, 5.74) is 1.40. The minimum absolute atomic E-state index is 0.246. The van der Waals surface area contributed by atoms with E-state index in [2.05, 4.69) is 10.1 Å². The molecular weight excluding hydrogens is 376 g/mol. The number of hydrogen-bond acceptors (Lipinski definition) is 7. The number of ether oxygens (including phenoxy) is 3. The van der Waals surface area contributed by atoms with E-state index in [-0.39, 0.29) is 17.7 Å². The number of carbonyl (C=O) groups excluding carboxylic acids is 1. The van der Waals surface area contributed by atoms with Gasteiger partial charge in [0.15, 0.2) is 5.65 Å². The maximum absolute atomic E-state index is 13.1. The molecule has 4 rings (SSSR count). The van der Waals surface area contributed by atoms with Crippen molar-refractivity contribution in [3.8, 4) is 17.2 Å². The number of methoxy groups -OCH3 is 2. The van der Waals surface area contributed by atoms with Crippen molar-refractivity contribution in [2.24, 2.45) is 0 Å². The molecule has 0 radical (unpaired) electrons. The summed E-state index contributed by atoms with van der Waals surface area (Å²) in [6.45, 7) is 1.97. The summed E-state index contributed by atoms with van der Waals surface area (Å²) in [6, 6.07) is 6.92. The molecule has 0 N–H and O–H groups in total. The van der Waals surface area contributed by atoms with Crippen LogP contribution in [0.1, 0.15) is 17.3 Å². The maximum atomic E-state index is 13.1. The lowest BCUT2D eigenvalue weighted by Crippen LogP contribution is -2.19. The second-order valence-electron chi connectivity index (χ2n) is 6.13. The number of carbonyl (C=O) groups is 1. The van der Waals surface area contributed by atoms with E-state index >= 15 is 0 Å². The Morgan fingerprint density at radius 3 is 2.48 bits per heavy atom. The molecule has 0 atom stereocenters. The molecule has 0 aliphatic heterocycles. The van der Waals surface area contributed by atoms with Gasteiger partial charge in [0.1, 0.15) is 17.1 Å². The molecule has 9 nitrogen and oxygen atoms in total. The van der Waals surface area contributed by atoms with Gasteiger partial charge in [-0.2, -0.15) is 5.10 Å². The lowest BCUT2D eigenvalue weighted by molar-refractivity contribution is 0.0528. The van der Waals surface area contributed by atoms with Crippen molar-refractivity contribution in [2.45, 2.75) is 6.92 Å². The summed E-state index contributed by atoms with van der Waals surface area (Å²) in [5, 5.41) is 4.56. The molecule has 0 aliphatic rings. The van der Waals surface area contributed by atoms with E-state index in [9.17, 15) is 9.59 Å². The van der Waals surface area contributed by atoms with Gasteiger partial charge in [-0.3, -0.25) is 9.36 Å². The number of aromatic nitrogens is 4. The molecule has 0 spiro atoms. The van der Waals surface area contributed by atoms with Crippen LogP contribution in [0.5, 0.6) is 11.5 Å². The molecule has 0 saturated heterocycles. The standard InChI is InChI=1S/C20H18N4O5/c1-4-29-20(26)16-11-22-24-17-5-6-23(19(25)15(17)10-21-18(16)24)12-7-13(27-2)9-14(8-12)28-3/h5-11H,4H2,1-3H3. The second kappa shape index (κ2) is 7.27. The number of hydrogen-bond donors (Lipinski definition) is 0. The number of rotatable bonds is 5. The lowest BCUT2D eigenvalue weighted by Gasteiger charge is -2.11. The SMILES string of the molecule is CCOC(=O)c1cnn2c1ncc1c(=O)n(-c3cc(OC)cc(OC)c3)ccc12. The van der Waals surface area contributed by atoms with E-state index in [1.54, 1.807) is 51.6 Å². The quantitative estimate of drug-likeness (QED) is 0.479. The number of esters is 1. The van der Waals surface area contributed by atoms with Crippen LogP contribution in [0, 0.1) is 0 Å². The van der Waals surface area contributed by atoms with Crippen molar-refractivity contribution in [3.05, 3.63) is 58.8 Å². The van der Waals surface area contributed by atoms with Crippen LogP contribution in [-0.2, 0) is 4.74 Å². The van der Waals surface area contributed by atoms with Crippen molar-refractivity contribution < 1.29 is 19.0 Å². The van der Waals surface area contributed by atoms with E-state index in [1.165, 1.54) is 21.5 Å². The molecule has 148 valence electrons. The molecular formula is C20H18N4O5. The minimum Gasteiger partial charge on any atom is -0.497 e. The molecule has 9 heteroatoms. The molecule has 4 aromatic rings. The van der Waals surface area contributed by atoms with Gasteiger partial charge >= 0.3 is 5.97 Å². The van der Waals surface area contributed by atoms with Crippen LogP contribution in [0.2, 0.25) is 0 Å². The summed E-state index contributed by atoms with van der Waals surface area (Å²) < 4.78 is 18.5. The predicted octanol–water partition coefficient (Wildman–Crippen LogP) is 2.23. The third-order valence-electron chi connectivity index (χ3n) is 4.50. The van der Waals surface area contributed by atoms with Gasteiger partial charge in [-0.1, -0.05) is 0 Å². The topological polar surface area (TPSA) is 97.0 Å². The van der Waals surface area contributed by atoms with Crippen molar-refractivity contribution in [1.29, 1.82) is 0 Å². The minimum atomic E-state index is -0.508. The van der Waals surface area contributed by atoms with Gasteiger partial charge < -0.3 is 14.2 Å². The highest BCUT2D eigenvalue weighted by molar-refractivity contribution is 5.97. The fourth-order valence-electron chi connectivity index (χ4n) is 3.10. The summed E-state index contributed by atoms with van der Waals surface area (Å²) in [6.07, 6.45) is 4.45. The Hall–Kier alpha value is -3.88. The van der Waals surface area contributed by atoms with E-state index in [0.717, 1.165) is 0 Å². The molecule has 1 aromatic carbocycles. The van der Waals surface area contributed by atoms with Crippen LogP contribution >= 0.6 is 0 Å². The Balaban J connectivity index is 1.90. The van der Waals surface area contributed by atoms with Crippen LogP contribution in [-0.4, -0.2) is 46.0 Å². The monoisotopic (exact) mass is 394 g/mol. The lowest BCUT2D eigenvalue weighted by atomic mass is 10.2. The molecule has 0 fully saturated rings. The fourth-order valence-corrected chi connectivity index (χ4v) is 3.10. The van der Waals surface area contributed by atoms with Crippen molar-refractivity contribution >= 4 is 22.5 Å². The van der Waals surface area contributed by atoms with Gasteiger partial charge in [0.05, 0.1) is 43.6 Å². The summed E-state index contributed by atoms with van der Waals surface area (Å²) in [4.78, 5) is 29.5. The van der Waals surface area contributed by atoms with Crippen molar-refractivity contribution in [2.75, 3.05) is 20.8 Å². The van der Waals surface area contributed by atoms with E-state index in [1.807, 2.05) is 0 Å². The number of nitrogens with zero attached hydrogens (tertiary/aromatic N) is 4. The zero-order valence-electron chi connectivity index (χ0n) is 16.1. The number of fused-ring (bicyclic) bond motifs is 3. The zero-order valence-corrected chi connectivity index (χ0v) is 16.1. The molecule has 0 aliphatic carbocycles. The number of benzene rings is 1. The van der Waals surface area contributed by atoms with Gasteiger partial charge in [0.2, 0.25) is 0 Å². The van der Waals surface area contributed by atoms with E-state index in [0.29, 0.717) is 33.7 Å². The first-order valence-corrected chi connectivity index (χ1v) is 8.86. The average molecular weight is 394 g/mol. The Morgan fingerprint density at radius 2 is 1.83 bits per heavy atom. The van der Waals surface area contributed by atoms with Gasteiger partial charge in [-0.25, -0.2) is 14.3 Å². The van der Waals surface area contributed by atoms with E-state index in [4.69, 9.17) is 14.2 Å². The first-order valence-electron chi connectivity index (χ1n) is 8.86. The van der Waals surface area contributed by atoms with Gasteiger partial charge in [-0.05, 0) is 13.0 Å². The molecule has 0 unspecified atom stereocenters. The summed E-state index contributed by atoms with van der Waals surface area (Å²) in [7, 11) is 3.09. The van der Waals surface area contributed by atoms with Crippen molar-refractivity contribution in [1.82, 2.24) is 19.2 Å². The highest BCUT2D eigenvalue weighted by Gasteiger charge is 2.18. The third kappa shape index (κ3) is 3.06. The third-order valence-corrected chi connectivity index (χ3v) is 4.50. The molecule has 0 bridgehead atoms. The Morgan fingerprint density at radius 1 is 1.10 bits per heavy atom. The first-order chi connectivity index (χ1) is 14.1. The fraction of sp³-hybridized carbons (Fsp3) is 0.200. The van der Waals surface area contributed by atoms with Crippen LogP contribution in [0.25, 0.3) is 22.2 Å². The Bertz CT molecular complexity index is 1270. The Labute approximate surface area is 165 Å². The molecule has 29 heavy (non-hydrogen) atoms. The molecule has 0 amide bonds. The van der Waals surface area contributed by atoms with E-state index < -0.39 is 5.97 Å². The highest BCUT2D eigenvalue weighted by atomic mass is 16.5. The normalized spacial score (nSPS) is 11.0. The Kier molecular flexibility index (Phi) is 4.63. The molecule has 3 heterocycles. The molecule has 0 saturated carbocycles. The van der Waals surface area contributed by atoms with Gasteiger partial charge in [0, 0.05) is 30.6 Å². The predicted molar refractivity (Wildman–Crippen MR) is 105 cm³/mol. The van der Waals surface area contributed by atoms with Gasteiger partial charge in [0.25, 0.3) is 5.56 Å². The first kappa shape index (κ1) is 18.5. The van der Waals surface area contributed by atoms with Crippen LogP contribution in [0.3, 0.4) is 0 Å².